The third kappa shape index (κ3) is 3.85. The summed E-state index contributed by atoms with van der Waals surface area (Å²) in [5, 5.41) is 0. The van der Waals surface area contributed by atoms with E-state index in [2.05, 4.69) is 19.8 Å². The van der Waals surface area contributed by atoms with Crippen molar-refractivity contribution in [1.82, 2.24) is 19.8 Å². The molecule has 3 heterocycles. The molecule has 0 aromatic carbocycles. The van der Waals surface area contributed by atoms with Crippen molar-refractivity contribution in [2.75, 3.05) is 39.4 Å². The predicted molar refractivity (Wildman–Crippen MR) is 82.0 cm³/mol. The lowest BCUT2D eigenvalue weighted by molar-refractivity contribution is -0.122. The van der Waals surface area contributed by atoms with Gasteiger partial charge in [0.05, 0.1) is 12.2 Å². The second-order valence-electron chi connectivity index (χ2n) is 6.25. The van der Waals surface area contributed by atoms with Gasteiger partial charge < -0.3 is 15.5 Å². The molecule has 2 aliphatic rings. The first-order valence-electron chi connectivity index (χ1n) is 8.03. The van der Waals surface area contributed by atoms with E-state index in [4.69, 9.17) is 10.5 Å². The molecule has 0 radical (unpaired) electrons. The number of amides is 1. The maximum atomic E-state index is 11.8. The minimum atomic E-state index is -0.200. The van der Waals surface area contributed by atoms with Crippen molar-refractivity contribution in [1.29, 1.82) is 0 Å². The number of imidazole rings is 1. The third-order valence-electron chi connectivity index (χ3n) is 4.70. The number of hydrogen-bond acceptors (Lipinski definition) is 5. The molecule has 1 atom stereocenters. The van der Waals surface area contributed by atoms with Crippen LogP contribution in [0.3, 0.4) is 0 Å². The second-order valence-corrected chi connectivity index (χ2v) is 6.25. The summed E-state index contributed by atoms with van der Waals surface area (Å²) in [4.78, 5) is 23.7. The molecule has 0 bridgehead atoms. The van der Waals surface area contributed by atoms with Crippen LogP contribution < -0.4 is 5.73 Å². The van der Waals surface area contributed by atoms with Crippen molar-refractivity contribution < 1.29 is 9.53 Å². The number of H-pyrrole nitrogens is 1. The molecule has 122 valence electrons. The molecule has 0 saturated carbocycles. The number of aromatic nitrogens is 2. The largest absolute Gasteiger partial charge is 0.381 e. The maximum absolute atomic E-state index is 11.8. The SMILES string of the molecule is NC(=O)[C@H]1CN(Cc2cnc[nH]2)CCN(C2CCOCC2)C1. The molecule has 2 saturated heterocycles. The molecule has 0 spiro atoms. The summed E-state index contributed by atoms with van der Waals surface area (Å²) in [5.74, 6) is -0.318. The number of hydrogen-bond donors (Lipinski definition) is 2. The van der Waals surface area contributed by atoms with Crippen LogP contribution in [0.2, 0.25) is 0 Å². The van der Waals surface area contributed by atoms with Gasteiger partial charge in [0.15, 0.2) is 0 Å². The topological polar surface area (TPSA) is 87.5 Å². The maximum Gasteiger partial charge on any atom is 0.223 e. The summed E-state index contributed by atoms with van der Waals surface area (Å²) in [7, 11) is 0. The third-order valence-corrected chi connectivity index (χ3v) is 4.70. The Labute approximate surface area is 130 Å². The highest BCUT2D eigenvalue weighted by atomic mass is 16.5. The number of carbonyl (C=O) groups is 1. The lowest BCUT2D eigenvalue weighted by atomic mass is 10.0. The van der Waals surface area contributed by atoms with Crippen molar-refractivity contribution >= 4 is 5.91 Å². The number of nitrogens with two attached hydrogens (primary N) is 1. The van der Waals surface area contributed by atoms with Gasteiger partial charge in [-0.05, 0) is 12.8 Å². The van der Waals surface area contributed by atoms with Crippen molar-refractivity contribution in [3.05, 3.63) is 18.2 Å². The van der Waals surface area contributed by atoms with Crippen LogP contribution in [0.4, 0.5) is 0 Å². The van der Waals surface area contributed by atoms with E-state index in [0.717, 1.165) is 57.9 Å². The fourth-order valence-electron chi connectivity index (χ4n) is 3.42. The van der Waals surface area contributed by atoms with Crippen LogP contribution in [0, 0.1) is 5.92 Å². The van der Waals surface area contributed by atoms with Gasteiger partial charge in [-0.25, -0.2) is 4.98 Å². The predicted octanol–water partition coefficient (Wildman–Crippen LogP) is -0.192. The molecule has 1 amide bonds. The molecule has 2 aliphatic heterocycles. The first-order chi connectivity index (χ1) is 10.7. The summed E-state index contributed by atoms with van der Waals surface area (Å²) in [6.07, 6.45) is 5.62. The van der Waals surface area contributed by atoms with E-state index < -0.39 is 0 Å². The Balaban J connectivity index is 1.65. The molecule has 22 heavy (non-hydrogen) atoms. The first kappa shape index (κ1) is 15.5. The molecular weight excluding hydrogens is 282 g/mol. The van der Waals surface area contributed by atoms with E-state index in [1.807, 2.05) is 6.20 Å². The number of ether oxygens (including phenoxy) is 1. The zero-order chi connectivity index (χ0) is 15.4. The van der Waals surface area contributed by atoms with E-state index in [0.29, 0.717) is 12.6 Å². The molecular formula is C15H25N5O2. The monoisotopic (exact) mass is 307 g/mol. The van der Waals surface area contributed by atoms with Gasteiger partial charge in [-0.2, -0.15) is 0 Å². The van der Waals surface area contributed by atoms with Gasteiger partial charge in [0, 0.05) is 63.9 Å². The van der Waals surface area contributed by atoms with Gasteiger partial charge >= 0.3 is 0 Å². The summed E-state index contributed by atoms with van der Waals surface area (Å²) in [5.41, 5.74) is 6.70. The van der Waals surface area contributed by atoms with Gasteiger partial charge in [0.2, 0.25) is 5.91 Å². The van der Waals surface area contributed by atoms with Gasteiger partial charge in [-0.15, -0.1) is 0 Å². The Morgan fingerprint density at radius 1 is 1.36 bits per heavy atom. The Kier molecular flexibility index (Phi) is 5.07. The number of nitrogens with one attached hydrogen (secondary N) is 1. The molecule has 1 aromatic rings. The molecule has 1 aromatic heterocycles. The Morgan fingerprint density at radius 2 is 2.18 bits per heavy atom. The van der Waals surface area contributed by atoms with Gasteiger partial charge in [-0.3, -0.25) is 14.6 Å². The molecule has 0 aliphatic carbocycles. The number of nitrogens with zero attached hydrogens (tertiary/aromatic N) is 3. The minimum absolute atomic E-state index is 0.117. The zero-order valence-corrected chi connectivity index (χ0v) is 12.9. The quantitative estimate of drug-likeness (QED) is 0.805. The van der Waals surface area contributed by atoms with Gasteiger partial charge in [0.1, 0.15) is 0 Å². The zero-order valence-electron chi connectivity index (χ0n) is 12.9. The highest BCUT2D eigenvalue weighted by Crippen LogP contribution is 2.19. The fraction of sp³-hybridized carbons (Fsp3) is 0.733. The average molecular weight is 307 g/mol. The summed E-state index contributed by atoms with van der Waals surface area (Å²) in [6.45, 7) is 5.82. The van der Waals surface area contributed by atoms with E-state index in [1.54, 1.807) is 6.33 Å². The van der Waals surface area contributed by atoms with Crippen LogP contribution >= 0.6 is 0 Å². The molecule has 3 N–H and O–H groups in total. The van der Waals surface area contributed by atoms with E-state index >= 15 is 0 Å². The lowest BCUT2D eigenvalue weighted by Crippen LogP contribution is -2.44. The number of rotatable bonds is 4. The van der Waals surface area contributed by atoms with Crippen LogP contribution in [-0.2, 0) is 16.1 Å². The van der Waals surface area contributed by atoms with Crippen LogP contribution in [-0.4, -0.2) is 71.1 Å². The van der Waals surface area contributed by atoms with E-state index in [9.17, 15) is 4.79 Å². The Morgan fingerprint density at radius 3 is 2.86 bits per heavy atom. The number of carbonyl (C=O) groups excluding carboxylic acids is 1. The first-order valence-corrected chi connectivity index (χ1v) is 8.03. The van der Waals surface area contributed by atoms with Crippen LogP contribution in [0.1, 0.15) is 18.5 Å². The Hall–Kier alpha value is -1.44. The van der Waals surface area contributed by atoms with Crippen LogP contribution in [0.5, 0.6) is 0 Å². The van der Waals surface area contributed by atoms with Gasteiger partial charge in [0.25, 0.3) is 0 Å². The number of aromatic amines is 1. The van der Waals surface area contributed by atoms with Crippen molar-refractivity contribution in [2.24, 2.45) is 11.7 Å². The van der Waals surface area contributed by atoms with Crippen LogP contribution in [0.15, 0.2) is 12.5 Å². The molecule has 7 nitrogen and oxygen atoms in total. The van der Waals surface area contributed by atoms with E-state index in [-0.39, 0.29) is 11.8 Å². The standard InChI is InChI=1S/C15H25N5O2/c16-15(21)12-8-19(10-13-7-17-11-18-13)3-4-20(9-12)14-1-5-22-6-2-14/h7,11-12,14H,1-6,8-10H2,(H2,16,21)(H,17,18)/t12-/m0/s1. The summed E-state index contributed by atoms with van der Waals surface area (Å²) >= 11 is 0. The van der Waals surface area contributed by atoms with Gasteiger partial charge in [-0.1, -0.05) is 0 Å². The molecule has 0 unspecified atom stereocenters. The molecule has 2 fully saturated rings. The van der Waals surface area contributed by atoms with Crippen LogP contribution in [0.25, 0.3) is 0 Å². The second kappa shape index (κ2) is 7.21. The fourth-order valence-corrected chi connectivity index (χ4v) is 3.42. The Bertz CT molecular complexity index is 472. The highest BCUT2D eigenvalue weighted by molar-refractivity contribution is 5.77. The van der Waals surface area contributed by atoms with Crippen molar-refractivity contribution in [2.45, 2.75) is 25.4 Å². The normalized spacial score (nSPS) is 25.9. The van der Waals surface area contributed by atoms with Crippen molar-refractivity contribution in [3.63, 3.8) is 0 Å². The number of primary amides is 1. The molecule has 7 heteroatoms. The minimum Gasteiger partial charge on any atom is -0.381 e. The average Bonchev–Trinajstić information content (AvgIpc) is 2.93. The highest BCUT2D eigenvalue weighted by Gasteiger charge is 2.30. The van der Waals surface area contributed by atoms with Crippen molar-refractivity contribution in [3.8, 4) is 0 Å². The smallest absolute Gasteiger partial charge is 0.223 e. The summed E-state index contributed by atoms with van der Waals surface area (Å²) < 4.78 is 5.45. The van der Waals surface area contributed by atoms with E-state index in [1.165, 1.54) is 0 Å². The molecule has 3 rings (SSSR count). The summed E-state index contributed by atoms with van der Waals surface area (Å²) in [6, 6.07) is 0.516. The lowest BCUT2D eigenvalue weighted by Gasteiger charge is -2.34.